The zero-order chi connectivity index (χ0) is 29.2. The fourth-order valence-electron chi connectivity index (χ4n) is 6.23. The van der Waals surface area contributed by atoms with Gasteiger partial charge >= 0.3 is 8.03 Å². The van der Waals surface area contributed by atoms with Gasteiger partial charge in [-0.05, 0) is 39.7 Å². The van der Waals surface area contributed by atoms with Crippen LogP contribution < -0.4 is 5.32 Å². The van der Waals surface area contributed by atoms with Gasteiger partial charge in [0.25, 0.3) is 5.91 Å². The minimum absolute atomic E-state index is 0.290. The molecule has 216 valence electrons. The van der Waals surface area contributed by atoms with Gasteiger partial charge in [-0.25, -0.2) is 15.0 Å². The number of anilines is 1. The highest BCUT2D eigenvalue weighted by Gasteiger charge is 2.56. The van der Waals surface area contributed by atoms with E-state index in [2.05, 4.69) is 61.8 Å². The monoisotopic (exact) mass is 586 g/mol. The standard InChI is InChI=1S/C28H40N5O5PSi/c1-9-21-23(37-39(8)35)24(38-40(17(2)3,18(4)5)19(6)7)28(36-21)33-16-31-22-25(29-15-30-26(22)33)32-27(34)20-13-11-10-12-14-20/h10-19,21,23-24,28H,9H2,1-8H3/p+1/t21-,23+,24-,28-/m1/s1. The molecule has 1 N–H and O–H groups in total. The molecule has 1 amide bonds. The molecule has 1 aliphatic heterocycles. The molecule has 10 nitrogen and oxygen atoms in total. The van der Waals surface area contributed by atoms with E-state index in [1.165, 1.54) is 6.33 Å². The first-order chi connectivity index (χ1) is 19.0. The van der Waals surface area contributed by atoms with Crippen LogP contribution in [0.15, 0.2) is 43.0 Å². The van der Waals surface area contributed by atoms with Crippen molar-refractivity contribution in [1.29, 1.82) is 0 Å². The molecule has 3 aromatic rings. The summed E-state index contributed by atoms with van der Waals surface area (Å²) in [6, 6.07) is 8.93. The average Bonchev–Trinajstić information content (AvgIpc) is 3.48. The number of hydrogen-bond acceptors (Lipinski definition) is 8. The number of nitrogens with zero attached hydrogens (tertiary/aromatic N) is 4. The maximum atomic E-state index is 12.9. The van der Waals surface area contributed by atoms with E-state index in [1.807, 2.05) is 17.6 Å². The number of carbonyl (C=O) groups is 1. The molecule has 1 fully saturated rings. The van der Waals surface area contributed by atoms with E-state index in [0.717, 1.165) is 0 Å². The molecule has 0 saturated carbocycles. The van der Waals surface area contributed by atoms with Gasteiger partial charge in [-0.1, -0.05) is 66.7 Å². The first kappa shape index (κ1) is 30.4. The summed E-state index contributed by atoms with van der Waals surface area (Å²) in [7, 11) is -4.30. The molecule has 0 aliphatic carbocycles. The maximum absolute atomic E-state index is 12.9. The smallest absolute Gasteiger partial charge is 0.406 e. The molecule has 1 aromatic carbocycles. The van der Waals surface area contributed by atoms with Crippen LogP contribution in [0.2, 0.25) is 16.6 Å². The summed E-state index contributed by atoms with van der Waals surface area (Å²) in [6.07, 6.45) is 1.69. The highest BCUT2D eigenvalue weighted by Crippen LogP contribution is 2.48. The van der Waals surface area contributed by atoms with Crippen molar-refractivity contribution in [3.63, 3.8) is 0 Å². The Hall–Kier alpha value is -2.56. The van der Waals surface area contributed by atoms with Gasteiger partial charge in [0.15, 0.2) is 36.0 Å². The lowest BCUT2D eigenvalue weighted by molar-refractivity contribution is -0.0331. The van der Waals surface area contributed by atoms with Crippen LogP contribution in [0.4, 0.5) is 5.82 Å². The number of imidazole rings is 1. The van der Waals surface area contributed by atoms with Crippen LogP contribution in [0.3, 0.4) is 0 Å². The topological polar surface area (TPSA) is 117 Å². The van der Waals surface area contributed by atoms with Crippen molar-refractivity contribution in [2.45, 2.75) is 96.1 Å². The van der Waals surface area contributed by atoms with Gasteiger partial charge in [-0.15, -0.1) is 4.52 Å². The lowest BCUT2D eigenvalue weighted by atomic mass is 10.1. The zero-order valence-corrected chi connectivity index (χ0v) is 26.5. The number of amides is 1. The Balaban J connectivity index is 1.77. The van der Waals surface area contributed by atoms with Crippen molar-refractivity contribution in [2.75, 3.05) is 12.0 Å². The Labute approximate surface area is 238 Å². The fraction of sp³-hybridized carbons (Fsp3) is 0.571. The van der Waals surface area contributed by atoms with Crippen molar-refractivity contribution >= 4 is 39.2 Å². The Kier molecular flexibility index (Phi) is 9.52. The van der Waals surface area contributed by atoms with E-state index in [9.17, 15) is 9.36 Å². The van der Waals surface area contributed by atoms with E-state index < -0.39 is 34.8 Å². The average molecular weight is 587 g/mol. The number of aromatic nitrogens is 4. The maximum Gasteiger partial charge on any atom is 0.505 e. The van der Waals surface area contributed by atoms with Crippen LogP contribution in [0.5, 0.6) is 0 Å². The van der Waals surface area contributed by atoms with Crippen LogP contribution in [0.1, 0.15) is 71.5 Å². The second-order valence-electron chi connectivity index (χ2n) is 11.2. The van der Waals surface area contributed by atoms with Crippen molar-refractivity contribution in [3.05, 3.63) is 48.5 Å². The molecular formula is C28H41N5O5PSi+. The molecule has 12 heteroatoms. The van der Waals surface area contributed by atoms with Gasteiger partial charge in [0.2, 0.25) is 8.32 Å². The molecule has 1 unspecified atom stereocenters. The van der Waals surface area contributed by atoms with Crippen LogP contribution in [-0.2, 0) is 18.3 Å². The number of rotatable bonds is 11. The summed E-state index contributed by atoms with van der Waals surface area (Å²) in [5, 5.41) is 2.86. The van der Waals surface area contributed by atoms with Gasteiger partial charge in [-0.3, -0.25) is 9.36 Å². The van der Waals surface area contributed by atoms with E-state index in [0.29, 0.717) is 45.6 Å². The van der Waals surface area contributed by atoms with E-state index in [1.54, 1.807) is 37.3 Å². The Morgan fingerprint density at radius 2 is 1.70 bits per heavy atom. The Bertz CT molecular complexity index is 1310. The van der Waals surface area contributed by atoms with E-state index in [4.69, 9.17) is 13.7 Å². The van der Waals surface area contributed by atoms with Crippen molar-refractivity contribution in [1.82, 2.24) is 19.5 Å². The predicted octanol–water partition coefficient (Wildman–Crippen LogP) is 6.70. The predicted molar refractivity (Wildman–Crippen MR) is 158 cm³/mol. The molecule has 1 saturated heterocycles. The SMILES string of the molecule is CC[C@H]1O[C@@H](n2cnc3c(NC(=O)c4ccccc4)ncnc32)[C@H](O[Si](C(C)C)(C(C)C)C(C)C)[C@H]1O[P+](C)=O. The second kappa shape index (κ2) is 12.5. The van der Waals surface area contributed by atoms with Crippen LogP contribution in [-0.4, -0.2) is 58.7 Å². The third-order valence-corrected chi connectivity index (χ3v) is 14.5. The van der Waals surface area contributed by atoms with Crippen LogP contribution in [0, 0.1) is 0 Å². The van der Waals surface area contributed by atoms with Crippen LogP contribution >= 0.6 is 8.03 Å². The lowest BCUT2D eigenvalue weighted by Gasteiger charge is -2.45. The minimum Gasteiger partial charge on any atom is -0.406 e. The molecule has 4 rings (SSSR count). The number of fused-ring (bicyclic) bond motifs is 1. The van der Waals surface area contributed by atoms with Gasteiger partial charge in [0, 0.05) is 5.56 Å². The number of nitrogens with one attached hydrogen (secondary N) is 1. The molecule has 3 heterocycles. The zero-order valence-electron chi connectivity index (χ0n) is 24.6. The first-order valence-corrected chi connectivity index (χ1v) is 17.7. The third-order valence-electron chi connectivity index (χ3n) is 7.91. The Morgan fingerprint density at radius 3 is 2.27 bits per heavy atom. The Morgan fingerprint density at radius 1 is 1.05 bits per heavy atom. The lowest BCUT2D eigenvalue weighted by Crippen LogP contribution is -2.53. The first-order valence-electron chi connectivity index (χ1n) is 14.0. The number of ether oxygens (including phenoxy) is 1. The molecule has 0 radical (unpaired) electrons. The number of hydrogen-bond donors (Lipinski definition) is 1. The molecular weight excluding hydrogens is 545 g/mol. The van der Waals surface area contributed by atoms with Gasteiger partial charge in [0.05, 0.1) is 12.4 Å². The van der Waals surface area contributed by atoms with E-state index in [-0.39, 0.29) is 12.0 Å². The quantitative estimate of drug-likeness (QED) is 0.195. The summed E-state index contributed by atoms with van der Waals surface area (Å²) in [6.45, 7) is 17.0. The van der Waals surface area contributed by atoms with Crippen LogP contribution in [0.25, 0.3) is 11.2 Å². The third kappa shape index (κ3) is 5.76. The van der Waals surface area contributed by atoms with Crippen molar-refractivity contribution in [3.8, 4) is 0 Å². The van der Waals surface area contributed by atoms with Crippen molar-refractivity contribution < 1.29 is 23.0 Å². The van der Waals surface area contributed by atoms with Gasteiger partial charge in [-0.2, -0.15) is 0 Å². The molecule has 40 heavy (non-hydrogen) atoms. The number of benzene rings is 1. The highest BCUT2D eigenvalue weighted by atomic mass is 31.1. The molecule has 1 aliphatic rings. The summed E-state index contributed by atoms with van der Waals surface area (Å²) in [4.78, 5) is 26.3. The summed E-state index contributed by atoms with van der Waals surface area (Å²) in [5.74, 6) is 0.0149. The normalized spacial score (nSPS) is 22.0. The summed E-state index contributed by atoms with van der Waals surface area (Å²) < 4.78 is 34.1. The van der Waals surface area contributed by atoms with Gasteiger partial charge in [0.1, 0.15) is 12.4 Å². The second-order valence-corrected chi connectivity index (χ2v) is 17.7. The largest absolute Gasteiger partial charge is 0.505 e. The molecule has 0 spiro atoms. The minimum atomic E-state index is -2.40. The summed E-state index contributed by atoms with van der Waals surface area (Å²) >= 11 is 0. The molecule has 5 atom stereocenters. The highest BCUT2D eigenvalue weighted by molar-refractivity contribution is 7.38. The van der Waals surface area contributed by atoms with Gasteiger partial charge < -0.3 is 14.5 Å². The molecule has 0 bridgehead atoms. The molecule has 2 aromatic heterocycles. The van der Waals surface area contributed by atoms with Crippen molar-refractivity contribution in [2.24, 2.45) is 0 Å². The summed E-state index contributed by atoms with van der Waals surface area (Å²) in [5.41, 5.74) is 2.43. The number of carbonyl (C=O) groups excluding carboxylic acids is 1. The fourth-order valence-corrected chi connectivity index (χ4v) is 12.4. The van der Waals surface area contributed by atoms with E-state index >= 15 is 0 Å².